The minimum atomic E-state index is -0.473. The van der Waals surface area contributed by atoms with E-state index in [0.717, 1.165) is 19.3 Å². The van der Waals surface area contributed by atoms with Gasteiger partial charge in [-0.15, -0.1) is 0 Å². The first kappa shape index (κ1) is 16.1. The third kappa shape index (κ3) is 4.99. The number of nitrogens with zero attached hydrogens (tertiary/aromatic N) is 1. The summed E-state index contributed by atoms with van der Waals surface area (Å²) < 4.78 is 0. The number of rotatable bonds is 8. The van der Waals surface area contributed by atoms with Crippen LogP contribution in [0.3, 0.4) is 0 Å². The number of hydrogen-bond acceptors (Lipinski definition) is 3. The summed E-state index contributed by atoms with van der Waals surface area (Å²) in [6, 6.07) is 5.67. The molecule has 110 valence electrons. The van der Waals surface area contributed by atoms with Gasteiger partial charge in [0.1, 0.15) is 0 Å². The zero-order chi connectivity index (χ0) is 15.0. The van der Waals surface area contributed by atoms with Crippen molar-refractivity contribution < 1.29 is 9.72 Å². The van der Waals surface area contributed by atoms with Crippen LogP contribution in [0.25, 0.3) is 0 Å². The molecule has 0 aliphatic heterocycles. The second-order valence-corrected chi connectivity index (χ2v) is 4.93. The molecule has 1 aromatic rings. The van der Waals surface area contributed by atoms with Crippen LogP contribution in [0.5, 0.6) is 0 Å². The van der Waals surface area contributed by atoms with Gasteiger partial charge in [0.05, 0.1) is 4.92 Å². The van der Waals surface area contributed by atoms with Gasteiger partial charge in [-0.2, -0.15) is 0 Å². The summed E-state index contributed by atoms with van der Waals surface area (Å²) in [5.41, 5.74) is 0.455. The molecular formula is C15H22N2O3. The average molecular weight is 278 g/mol. The molecule has 0 saturated heterocycles. The van der Waals surface area contributed by atoms with Gasteiger partial charge in [0.25, 0.3) is 11.6 Å². The lowest BCUT2D eigenvalue weighted by atomic mass is 9.99. The first-order valence-electron chi connectivity index (χ1n) is 7.11. The molecule has 1 amide bonds. The van der Waals surface area contributed by atoms with E-state index in [9.17, 15) is 14.9 Å². The van der Waals surface area contributed by atoms with Gasteiger partial charge in [-0.3, -0.25) is 14.9 Å². The summed E-state index contributed by atoms with van der Waals surface area (Å²) in [6.07, 6.45) is 4.49. The van der Waals surface area contributed by atoms with Crippen LogP contribution >= 0.6 is 0 Å². The number of hydrogen-bond donors (Lipinski definition) is 1. The molecule has 1 aromatic carbocycles. The molecule has 1 atom stereocenters. The molecule has 0 aliphatic rings. The zero-order valence-electron chi connectivity index (χ0n) is 12.1. The Balaban J connectivity index is 2.51. The summed E-state index contributed by atoms with van der Waals surface area (Å²) in [5, 5.41) is 13.4. The van der Waals surface area contributed by atoms with Crippen molar-refractivity contribution in [2.75, 3.05) is 6.54 Å². The first-order valence-corrected chi connectivity index (χ1v) is 7.11. The van der Waals surface area contributed by atoms with Crippen LogP contribution in [0, 0.1) is 16.0 Å². The Bertz CT molecular complexity index is 443. The Kier molecular flexibility index (Phi) is 6.70. The highest BCUT2D eigenvalue weighted by molar-refractivity contribution is 5.94. The van der Waals surface area contributed by atoms with E-state index in [4.69, 9.17) is 0 Å². The van der Waals surface area contributed by atoms with Gasteiger partial charge in [0.15, 0.2) is 0 Å². The molecule has 0 heterocycles. The molecule has 1 rings (SSSR count). The first-order chi connectivity index (χ1) is 9.58. The summed E-state index contributed by atoms with van der Waals surface area (Å²) in [7, 11) is 0. The van der Waals surface area contributed by atoms with Gasteiger partial charge in [0.2, 0.25) is 0 Å². The van der Waals surface area contributed by atoms with E-state index < -0.39 is 4.92 Å². The van der Waals surface area contributed by atoms with Gasteiger partial charge in [0, 0.05) is 24.2 Å². The zero-order valence-corrected chi connectivity index (χ0v) is 12.1. The van der Waals surface area contributed by atoms with E-state index in [1.807, 2.05) is 0 Å². The molecule has 1 N–H and O–H groups in total. The summed E-state index contributed by atoms with van der Waals surface area (Å²) in [5.74, 6) is 0.326. The van der Waals surface area contributed by atoms with Crippen LogP contribution in [-0.2, 0) is 0 Å². The highest BCUT2D eigenvalue weighted by Crippen LogP contribution is 2.13. The number of nitro groups is 1. The minimum Gasteiger partial charge on any atom is -0.352 e. The molecule has 5 heteroatoms. The molecule has 5 nitrogen and oxygen atoms in total. The Labute approximate surface area is 119 Å². The predicted octanol–water partition coefficient (Wildman–Crippen LogP) is 3.54. The predicted molar refractivity (Wildman–Crippen MR) is 78.7 cm³/mol. The van der Waals surface area contributed by atoms with Crippen LogP contribution in [0.15, 0.2) is 24.3 Å². The topological polar surface area (TPSA) is 72.2 Å². The maximum atomic E-state index is 11.9. The Hall–Kier alpha value is -1.91. The van der Waals surface area contributed by atoms with E-state index in [-0.39, 0.29) is 11.6 Å². The van der Waals surface area contributed by atoms with Crippen LogP contribution < -0.4 is 5.32 Å². The number of carbonyl (C=O) groups is 1. The van der Waals surface area contributed by atoms with Crippen LogP contribution in [0.2, 0.25) is 0 Å². The number of nitrogens with one attached hydrogen (secondary N) is 1. The van der Waals surface area contributed by atoms with E-state index in [1.165, 1.54) is 30.7 Å². The monoisotopic (exact) mass is 278 g/mol. The fourth-order valence-corrected chi connectivity index (χ4v) is 2.02. The third-order valence-electron chi connectivity index (χ3n) is 3.43. The summed E-state index contributed by atoms with van der Waals surface area (Å²) in [6.45, 7) is 4.94. The summed E-state index contributed by atoms with van der Waals surface area (Å²) in [4.78, 5) is 22.0. The second kappa shape index (κ2) is 8.30. The number of unbranched alkanes of at least 4 members (excludes halogenated alkanes) is 1. The molecule has 0 saturated carbocycles. The fraction of sp³-hybridized carbons (Fsp3) is 0.533. The molecule has 0 aliphatic carbocycles. The molecule has 0 unspecified atom stereocenters. The highest BCUT2D eigenvalue weighted by atomic mass is 16.6. The van der Waals surface area contributed by atoms with Crippen molar-refractivity contribution in [2.24, 2.45) is 5.92 Å². The Morgan fingerprint density at radius 1 is 1.30 bits per heavy atom. The maximum absolute atomic E-state index is 11.9. The lowest BCUT2D eigenvalue weighted by Gasteiger charge is -2.15. The third-order valence-corrected chi connectivity index (χ3v) is 3.43. The summed E-state index contributed by atoms with van der Waals surface area (Å²) >= 11 is 0. The van der Waals surface area contributed by atoms with Crippen molar-refractivity contribution in [1.29, 1.82) is 0 Å². The fourth-order valence-electron chi connectivity index (χ4n) is 2.02. The SMILES string of the molecule is CCCC[C@H](CC)CNC(=O)c1ccc([N+](=O)[O-])cc1. The van der Waals surface area contributed by atoms with Crippen LogP contribution in [-0.4, -0.2) is 17.4 Å². The average Bonchev–Trinajstić information content (AvgIpc) is 2.47. The van der Waals surface area contributed by atoms with Crippen molar-refractivity contribution in [3.05, 3.63) is 39.9 Å². The molecule has 0 fully saturated rings. The number of nitro benzene ring substituents is 1. The number of carbonyl (C=O) groups excluding carboxylic acids is 1. The van der Waals surface area contributed by atoms with E-state index in [2.05, 4.69) is 19.2 Å². The molecule has 0 aromatic heterocycles. The maximum Gasteiger partial charge on any atom is 0.269 e. The Morgan fingerprint density at radius 2 is 1.95 bits per heavy atom. The van der Waals surface area contributed by atoms with Crippen molar-refractivity contribution >= 4 is 11.6 Å². The van der Waals surface area contributed by atoms with Gasteiger partial charge in [-0.25, -0.2) is 0 Å². The van der Waals surface area contributed by atoms with E-state index in [0.29, 0.717) is 18.0 Å². The van der Waals surface area contributed by atoms with Crippen molar-refractivity contribution in [3.63, 3.8) is 0 Å². The van der Waals surface area contributed by atoms with Gasteiger partial charge in [-0.1, -0.05) is 33.1 Å². The largest absolute Gasteiger partial charge is 0.352 e. The highest BCUT2D eigenvalue weighted by Gasteiger charge is 2.11. The Morgan fingerprint density at radius 3 is 2.45 bits per heavy atom. The van der Waals surface area contributed by atoms with Gasteiger partial charge >= 0.3 is 0 Å². The van der Waals surface area contributed by atoms with Crippen molar-refractivity contribution in [1.82, 2.24) is 5.32 Å². The number of non-ortho nitro benzene ring substituents is 1. The van der Waals surface area contributed by atoms with Crippen LogP contribution in [0.1, 0.15) is 49.9 Å². The van der Waals surface area contributed by atoms with Crippen molar-refractivity contribution in [2.45, 2.75) is 39.5 Å². The number of amides is 1. The van der Waals surface area contributed by atoms with E-state index in [1.54, 1.807) is 0 Å². The lowest BCUT2D eigenvalue weighted by Crippen LogP contribution is -2.29. The van der Waals surface area contributed by atoms with Crippen LogP contribution in [0.4, 0.5) is 5.69 Å². The van der Waals surface area contributed by atoms with Gasteiger partial charge in [-0.05, 0) is 24.5 Å². The molecule has 0 radical (unpaired) electrons. The quantitative estimate of drug-likeness (QED) is 0.584. The lowest BCUT2D eigenvalue weighted by molar-refractivity contribution is -0.384. The standard InChI is InChI=1S/C15H22N2O3/c1-3-5-6-12(4-2)11-16-15(18)13-7-9-14(10-8-13)17(19)20/h7-10,12H,3-6,11H2,1-2H3,(H,16,18)/t12-/m0/s1. The smallest absolute Gasteiger partial charge is 0.269 e. The molecule has 0 bridgehead atoms. The molecular weight excluding hydrogens is 256 g/mol. The minimum absolute atomic E-state index is 0.00377. The molecule has 20 heavy (non-hydrogen) atoms. The second-order valence-electron chi connectivity index (χ2n) is 4.93. The van der Waals surface area contributed by atoms with E-state index >= 15 is 0 Å². The van der Waals surface area contributed by atoms with Gasteiger partial charge < -0.3 is 5.32 Å². The number of benzene rings is 1. The normalized spacial score (nSPS) is 11.9. The molecule has 0 spiro atoms. The van der Waals surface area contributed by atoms with Crippen molar-refractivity contribution in [3.8, 4) is 0 Å².